The van der Waals surface area contributed by atoms with Gasteiger partial charge in [0.1, 0.15) is 12.4 Å². The number of anilines is 1. The first-order valence-corrected chi connectivity index (χ1v) is 6.36. The molecule has 1 atom stereocenters. The van der Waals surface area contributed by atoms with E-state index >= 15 is 0 Å². The second-order valence-corrected chi connectivity index (χ2v) is 4.92. The Hall–Kier alpha value is -1.19. The third-order valence-corrected chi connectivity index (χ3v) is 3.56. The average molecular weight is 252 g/mol. The van der Waals surface area contributed by atoms with E-state index in [2.05, 4.69) is 22.1 Å². The van der Waals surface area contributed by atoms with Crippen molar-refractivity contribution in [2.24, 2.45) is 0 Å². The minimum absolute atomic E-state index is 0.220. The molecule has 0 saturated carbocycles. The molecule has 0 spiro atoms. The van der Waals surface area contributed by atoms with Crippen LogP contribution in [0.5, 0.6) is 5.75 Å². The summed E-state index contributed by atoms with van der Waals surface area (Å²) >= 11 is 7.65. The van der Waals surface area contributed by atoms with E-state index in [9.17, 15) is 0 Å². The smallest absolute Gasteiger partial charge is 0.142 e. The van der Waals surface area contributed by atoms with Crippen molar-refractivity contribution in [3.05, 3.63) is 45.6 Å². The van der Waals surface area contributed by atoms with Gasteiger partial charge in [-0.25, -0.2) is 0 Å². The summed E-state index contributed by atoms with van der Waals surface area (Å²) in [5.41, 5.74) is 2.23. The molecule has 0 unspecified atom stereocenters. The second-order valence-electron chi connectivity index (χ2n) is 3.71. The molecule has 2 nitrogen and oxygen atoms in total. The first-order chi connectivity index (χ1) is 7.83. The lowest BCUT2D eigenvalue weighted by Gasteiger charge is -2.27. The van der Waals surface area contributed by atoms with E-state index in [0.29, 0.717) is 6.61 Å². The predicted molar refractivity (Wildman–Crippen MR) is 67.6 cm³/mol. The fraction of sp³-hybridized carbons (Fsp3) is 0.167. The third kappa shape index (κ3) is 1.77. The van der Waals surface area contributed by atoms with Gasteiger partial charge < -0.3 is 10.1 Å². The zero-order valence-corrected chi connectivity index (χ0v) is 10.0. The zero-order valence-electron chi connectivity index (χ0n) is 8.44. The van der Waals surface area contributed by atoms with Gasteiger partial charge in [-0.2, -0.15) is 11.3 Å². The van der Waals surface area contributed by atoms with Crippen molar-refractivity contribution < 1.29 is 4.74 Å². The zero-order chi connectivity index (χ0) is 11.0. The molecule has 0 fully saturated rings. The van der Waals surface area contributed by atoms with E-state index in [4.69, 9.17) is 16.3 Å². The molecule has 1 aliphatic rings. The Balaban J connectivity index is 1.91. The van der Waals surface area contributed by atoms with Crippen molar-refractivity contribution in [2.75, 3.05) is 11.9 Å². The molecular formula is C12H10ClNOS. The van der Waals surface area contributed by atoms with Crippen LogP contribution in [0.15, 0.2) is 35.0 Å². The molecule has 0 saturated heterocycles. The topological polar surface area (TPSA) is 21.3 Å². The van der Waals surface area contributed by atoms with Gasteiger partial charge in [-0.3, -0.25) is 0 Å². The van der Waals surface area contributed by atoms with E-state index in [0.717, 1.165) is 16.5 Å². The number of hydrogen-bond donors (Lipinski definition) is 1. The molecule has 1 aromatic heterocycles. The molecule has 1 aromatic carbocycles. The van der Waals surface area contributed by atoms with Gasteiger partial charge in [0.25, 0.3) is 0 Å². The number of hydrogen-bond acceptors (Lipinski definition) is 3. The van der Waals surface area contributed by atoms with E-state index in [-0.39, 0.29) is 6.04 Å². The Labute approximate surface area is 103 Å². The van der Waals surface area contributed by atoms with Crippen LogP contribution < -0.4 is 10.1 Å². The largest absolute Gasteiger partial charge is 0.489 e. The van der Waals surface area contributed by atoms with Crippen molar-refractivity contribution in [3.63, 3.8) is 0 Å². The van der Waals surface area contributed by atoms with Crippen LogP contribution in [0.25, 0.3) is 0 Å². The third-order valence-electron chi connectivity index (χ3n) is 2.62. The first kappa shape index (κ1) is 10.00. The molecule has 3 rings (SSSR count). The standard InChI is InChI=1S/C12H10ClNOS/c13-9-1-2-12-10(5-9)14-11(6-15-12)8-3-4-16-7-8/h1-5,7,11,14H,6H2/t11-/m1/s1. The molecule has 1 aliphatic heterocycles. The first-order valence-electron chi connectivity index (χ1n) is 5.04. The molecule has 4 heteroatoms. The van der Waals surface area contributed by atoms with Gasteiger partial charge in [0.15, 0.2) is 0 Å². The Bertz CT molecular complexity index is 498. The number of nitrogens with one attached hydrogen (secondary N) is 1. The number of rotatable bonds is 1. The summed E-state index contributed by atoms with van der Waals surface area (Å²) in [6, 6.07) is 7.97. The van der Waals surface area contributed by atoms with Gasteiger partial charge in [0.2, 0.25) is 0 Å². The summed E-state index contributed by atoms with van der Waals surface area (Å²) in [6.07, 6.45) is 0. The number of benzene rings is 1. The maximum absolute atomic E-state index is 5.96. The van der Waals surface area contributed by atoms with Crippen molar-refractivity contribution in [2.45, 2.75) is 6.04 Å². The van der Waals surface area contributed by atoms with Crippen molar-refractivity contribution in [3.8, 4) is 5.75 Å². The highest BCUT2D eigenvalue weighted by Gasteiger charge is 2.20. The number of halogens is 1. The van der Waals surface area contributed by atoms with Crippen LogP contribution in [-0.2, 0) is 0 Å². The maximum atomic E-state index is 5.96. The summed E-state index contributed by atoms with van der Waals surface area (Å²) < 4.78 is 5.70. The van der Waals surface area contributed by atoms with Crippen molar-refractivity contribution in [1.82, 2.24) is 0 Å². The summed E-state index contributed by atoms with van der Waals surface area (Å²) in [5, 5.41) is 8.37. The lowest BCUT2D eigenvalue weighted by Crippen LogP contribution is -2.23. The average Bonchev–Trinajstić information content (AvgIpc) is 2.81. The van der Waals surface area contributed by atoms with Crippen LogP contribution in [0.1, 0.15) is 11.6 Å². The highest BCUT2D eigenvalue weighted by Crippen LogP contribution is 2.35. The van der Waals surface area contributed by atoms with Crippen LogP contribution >= 0.6 is 22.9 Å². The number of thiophene rings is 1. The molecule has 1 N–H and O–H groups in total. The predicted octanol–water partition coefficient (Wildman–Crippen LogP) is 3.95. The number of fused-ring (bicyclic) bond motifs is 1. The van der Waals surface area contributed by atoms with Gasteiger partial charge in [0.05, 0.1) is 11.7 Å². The van der Waals surface area contributed by atoms with Crippen LogP contribution in [-0.4, -0.2) is 6.61 Å². The maximum Gasteiger partial charge on any atom is 0.142 e. The lowest BCUT2D eigenvalue weighted by atomic mass is 10.1. The quantitative estimate of drug-likeness (QED) is 0.829. The normalized spacial score (nSPS) is 18.4. The van der Waals surface area contributed by atoms with Gasteiger partial charge in [-0.1, -0.05) is 11.6 Å². The highest BCUT2D eigenvalue weighted by molar-refractivity contribution is 7.08. The molecular weight excluding hydrogens is 242 g/mol. The molecule has 82 valence electrons. The SMILES string of the molecule is Clc1ccc2c(c1)N[C@@H](c1ccsc1)CO2. The fourth-order valence-corrected chi connectivity index (χ4v) is 2.68. The van der Waals surface area contributed by atoms with Gasteiger partial charge in [-0.05, 0) is 40.6 Å². The monoisotopic (exact) mass is 251 g/mol. The highest BCUT2D eigenvalue weighted by atomic mass is 35.5. The van der Waals surface area contributed by atoms with E-state index in [1.54, 1.807) is 11.3 Å². The van der Waals surface area contributed by atoms with E-state index in [1.807, 2.05) is 18.2 Å². The minimum Gasteiger partial charge on any atom is -0.489 e. The molecule has 16 heavy (non-hydrogen) atoms. The van der Waals surface area contributed by atoms with Gasteiger partial charge in [-0.15, -0.1) is 0 Å². The fourth-order valence-electron chi connectivity index (χ4n) is 1.80. The summed E-state index contributed by atoms with van der Waals surface area (Å²) in [5.74, 6) is 0.871. The number of ether oxygens (including phenoxy) is 1. The van der Waals surface area contributed by atoms with Crippen molar-refractivity contribution >= 4 is 28.6 Å². The molecule has 2 aromatic rings. The van der Waals surface area contributed by atoms with Gasteiger partial charge >= 0.3 is 0 Å². The van der Waals surface area contributed by atoms with Gasteiger partial charge in [0, 0.05) is 5.02 Å². The van der Waals surface area contributed by atoms with Crippen LogP contribution in [0.4, 0.5) is 5.69 Å². The summed E-state index contributed by atoms with van der Waals surface area (Å²) in [7, 11) is 0. The minimum atomic E-state index is 0.220. The molecule has 0 amide bonds. The molecule has 0 radical (unpaired) electrons. The molecule has 0 bridgehead atoms. The molecule has 2 heterocycles. The second kappa shape index (κ2) is 4.00. The van der Waals surface area contributed by atoms with Crippen LogP contribution in [0.3, 0.4) is 0 Å². The van der Waals surface area contributed by atoms with Crippen molar-refractivity contribution in [1.29, 1.82) is 0 Å². The van der Waals surface area contributed by atoms with E-state index < -0.39 is 0 Å². The summed E-state index contributed by atoms with van der Waals surface area (Å²) in [6.45, 7) is 0.658. The lowest BCUT2D eigenvalue weighted by molar-refractivity contribution is 0.287. The Morgan fingerprint density at radius 1 is 1.38 bits per heavy atom. The van der Waals surface area contributed by atoms with E-state index in [1.165, 1.54) is 5.56 Å². The Morgan fingerprint density at radius 3 is 3.12 bits per heavy atom. The summed E-state index contributed by atoms with van der Waals surface area (Å²) in [4.78, 5) is 0. The van der Waals surface area contributed by atoms with Crippen LogP contribution in [0.2, 0.25) is 5.02 Å². The van der Waals surface area contributed by atoms with Crippen LogP contribution in [0, 0.1) is 0 Å². The Kier molecular flexibility index (Phi) is 2.50. The Morgan fingerprint density at radius 2 is 2.31 bits per heavy atom. The molecule has 0 aliphatic carbocycles.